The Kier molecular flexibility index (Phi) is 2.64. The molecule has 0 aliphatic rings. The summed E-state index contributed by atoms with van der Waals surface area (Å²) in [5.74, 6) is 0. The van der Waals surface area contributed by atoms with Gasteiger partial charge in [-0.2, -0.15) is 0 Å². The summed E-state index contributed by atoms with van der Waals surface area (Å²) < 4.78 is 25.3. The predicted molar refractivity (Wildman–Crippen MR) is 59.5 cm³/mol. The first-order valence-electron chi connectivity index (χ1n) is 5.01. The molecule has 2 aromatic carbocycles. The van der Waals surface area contributed by atoms with Gasteiger partial charge in [-0.3, -0.25) is 0 Å². The van der Waals surface area contributed by atoms with E-state index in [1.807, 2.05) is 24.3 Å². The maximum atomic E-state index is 12.6. The van der Waals surface area contributed by atoms with Crippen LogP contribution in [-0.2, 0) is 5.60 Å². The summed E-state index contributed by atoms with van der Waals surface area (Å²) in [7, 11) is 0. The van der Waals surface area contributed by atoms with E-state index in [0.717, 1.165) is 17.7 Å². The molecule has 1 atom stereocenters. The van der Waals surface area contributed by atoms with E-state index in [-0.39, 0.29) is 5.56 Å². The summed E-state index contributed by atoms with van der Waals surface area (Å²) in [6.07, 6.45) is -2.80. The number of hydrogen-bond acceptors (Lipinski definition) is 1. The Bertz CT molecular complexity index is 506. The van der Waals surface area contributed by atoms with Gasteiger partial charge in [-0.05, 0) is 29.3 Å². The molecule has 1 N–H and O–H groups in total. The van der Waals surface area contributed by atoms with Gasteiger partial charge in [-0.25, -0.2) is 8.78 Å². The first-order valence-corrected chi connectivity index (χ1v) is 5.01. The van der Waals surface area contributed by atoms with Crippen LogP contribution in [0.5, 0.6) is 0 Å². The molecular formula is C13H12F2O. The van der Waals surface area contributed by atoms with Gasteiger partial charge in [0.1, 0.15) is 5.60 Å². The first kappa shape index (κ1) is 11.0. The van der Waals surface area contributed by atoms with E-state index in [2.05, 4.69) is 0 Å². The normalized spacial score (nSPS) is 15.3. The van der Waals surface area contributed by atoms with Crippen molar-refractivity contribution in [2.45, 2.75) is 19.0 Å². The Hall–Kier alpha value is -1.48. The molecule has 0 aliphatic carbocycles. The van der Waals surface area contributed by atoms with Crippen molar-refractivity contribution >= 4 is 10.8 Å². The molecule has 0 heterocycles. The standard InChI is InChI=1S/C13H12F2O/c1-13(16,12(14)15)11-7-6-9-4-2-3-5-10(9)8-11/h2-8,12,16H,1H3. The lowest BCUT2D eigenvalue weighted by Gasteiger charge is -2.23. The second-order valence-corrected chi connectivity index (χ2v) is 4.01. The summed E-state index contributed by atoms with van der Waals surface area (Å²) in [4.78, 5) is 0. The van der Waals surface area contributed by atoms with E-state index in [0.29, 0.717) is 0 Å². The number of fused-ring (bicyclic) bond motifs is 1. The molecule has 0 bridgehead atoms. The summed E-state index contributed by atoms with van der Waals surface area (Å²) in [6.45, 7) is 1.13. The average molecular weight is 222 g/mol. The maximum absolute atomic E-state index is 12.6. The van der Waals surface area contributed by atoms with Crippen LogP contribution in [0, 0.1) is 0 Å². The lowest BCUT2D eigenvalue weighted by Crippen LogP contribution is -2.30. The number of aliphatic hydroxyl groups is 1. The maximum Gasteiger partial charge on any atom is 0.270 e. The van der Waals surface area contributed by atoms with E-state index < -0.39 is 12.0 Å². The van der Waals surface area contributed by atoms with Gasteiger partial charge in [-0.15, -0.1) is 0 Å². The number of rotatable bonds is 2. The third-order valence-corrected chi connectivity index (χ3v) is 2.76. The fourth-order valence-corrected chi connectivity index (χ4v) is 1.63. The van der Waals surface area contributed by atoms with Crippen LogP contribution >= 0.6 is 0 Å². The Labute approximate surface area is 92.3 Å². The highest BCUT2D eigenvalue weighted by molar-refractivity contribution is 5.83. The molecule has 1 nitrogen and oxygen atoms in total. The molecule has 0 fully saturated rings. The molecule has 0 saturated heterocycles. The summed E-state index contributed by atoms with van der Waals surface area (Å²) in [6, 6.07) is 12.3. The molecule has 0 spiro atoms. The average Bonchev–Trinajstić information content (AvgIpc) is 2.28. The van der Waals surface area contributed by atoms with Gasteiger partial charge in [0.2, 0.25) is 0 Å². The largest absolute Gasteiger partial charge is 0.379 e. The molecule has 0 radical (unpaired) electrons. The van der Waals surface area contributed by atoms with Crippen LogP contribution in [0.3, 0.4) is 0 Å². The van der Waals surface area contributed by atoms with Crippen LogP contribution in [0.1, 0.15) is 12.5 Å². The molecule has 0 saturated carbocycles. The van der Waals surface area contributed by atoms with Crippen LogP contribution in [-0.4, -0.2) is 11.5 Å². The number of alkyl halides is 2. The Balaban J connectivity index is 2.55. The molecule has 2 aromatic rings. The molecule has 1 unspecified atom stereocenters. The zero-order valence-corrected chi connectivity index (χ0v) is 8.82. The van der Waals surface area contributed by atoms with Gasteiger partial charge >= 0.3 is 0 Å². The fraction of sp³-hybridized carbons (Fsp3) is 0.231. The molecule has 2 rings (SSSR count). The van der Waals surface area contributed by atoms with Gasteiger partial charge in [0.25, 0.3) is 6.43 Å². The summed E-state index contributed by atoms with van der Waals surface area (Å²) >= 11 is 0. The van der Waals surface area contributed by atoms with Crippen molar-refractivity contribution in [3.05, 3.63) is 48.0 Å². The van der Waals surface area contributed by atoms with Crippen LogP contribution < -0.4 is 0 Å². The highest BCUT2D eigenvalue weighted by atomic mass is 19.3. The number of hydrogen-bond donors (Lipinski definition) is 1. The van der Waals surface area contributed by atoms with E-state index >= 15 is 0 Å². The van der Waals surface area contributed by atoms with Crippen LogP contribution in [0.4, 0.5) is 8.78 Å². The van der Waals surface area contributed by atoms with Crippen LogP contribution in [0.2, 0.25) is 0 Å². The molecule has 84 valence electrons. The van der Waals surface area contributed by atoms with Crippen molar-refractivity contribution in [1.82, 2.24) is 0 Å². The molecule has 0 aromatic heterocycles. The van der Waals surface area contributed by atoms with Crippen molar-refractivity contribution in [3.8, 4) is 0 Å². The Morgan fingerprint density at radius 1 is 1.06 bits per heavy atom. The van der Waals surface area contributed by atoms with Crippen LogP contribution in [0.25, 0.3) is 10.8 Å². The van der Waals surface area contributed by atoms with Gasteiger partial charge < -0.3 is 5.11 Å². The molecular weight excluding hydrogens is 210 g/mol. The third kappa shape index (κ3) is 1.78. The highest BCUT2D eigenvalue weighted by Crippen LogP contribution is 2.29. The van der Waals surface area contributed by atoms with E-state index in [1.54, 1.807) is 12.1 Å². The van der Waals surface area contributed by atoms with Gasteiger partial charge in [0.15, 0.2) is 0 Å². The van der Waals surface area contributed by atoms with Crippen molar-refractivity contribution in [2.75, 3.05) is 0 Å². The minimum Gasteiger partial charge on any atom is -0.379 e. The van der Waals surface area contributed by atoms with Crippen molar-refractivity contribution in [2.24, 2.45) is 0 Å². The molecule has 0 aliphatic heterocycles. The van der Waals surface area contributed by atoms with Crippen molar-refractivity contribution in [3.63, 3.8) is 0 Å². The minimum absolute atomic E-state index is 0.237. The second-order valence-electron chi connectivity index (χ2n) is 4.01. The number of halogens is 2. The smallest absolute Gasteiger partial charge is 0.270 e. The quantitative estimate of drug-likeness (QED) is 0.826. The minimum atomic E-state index is -2.80. The lowest BCUT2D eigenvalue weighted by molar-refractivity contribution is -0.0882. The third-order valence-electron chi connectivity index (χ3n) is 2.76. The van der Waals surface area contributed by atoms with E-state index in [1.165, 1.54) is 6.07 Å². The first-order chi connectivity index (χ1) is 7.51. The van der Waals surface area contributed by atoms with Gasteiger partial charge in [0, 0.05) is 0 Å². The van der Waals surface area contributed by atoms with E-state index in [4.69, 9.17) is 0 Å². The molecule has 16 heavy (non-hydrogen) atoms. The van der Waals surface area contributed by atoms with Gasteiger partial charge in [0.05, 0.1) is 0 Å². The van der Waals surface area contributed by atoms with E-state index in [9.17, 15) is 13.9 Å². The summed E-state index contributed by atoms with van der Waals surface area (Å²) in [5.41, 5.74) is -1.86. The van der Waals surface area contributed by atoms with Gasteiger partial charge in [-0.1, -0.05) is 36.4 Å². The zero-order chi connectivity index (χ0) is 11.8. The predicted octanol–water partition coefficient (Wildman–Crippen LogP) is 3.31. The van der Waals surface area contributed by atoms with Crippen LogP contribution in [0.15, 0.2) is 42.5 Å². The Morgan fingerprint density at radius 2 is 1.69 bits per heavy atom. The monoisotopic (exact) mass is 222 g/mol. The van der Waals surface area contributed by atoms with Crippen molar-refractivity contribution in [1.29, 1.82) is 0 Å². The zero-order valence-electron chi connectivity index (χ0n) is 8.82. The second kappa shape index (κ2) is 3.83. The fourth-order valence-electron chi connectivity index (χ4n) is 1.63. The topological polar surface area (TPSA) is 20.2 Å². The van der Waals surface area contributed by atoms with Crippen molar-refractivity contribution < 1.29 is 13.9 Å². The Morgan fingerprint density at radius 3 is 2.31 bits per heavy atom. The molecule has 3 heteroatoms. The number of benzene rings is 2. The molecule has 0 amide bonds. The highest BCUT2D eigenvalue weighted by Gasteiger charge is 2.34. The SMILES string of the molecule is CC(O)(c1ccc2ccccc2c1)C(F)F. The lowest BCUT2D eigenvalue weighted by atomic mass is 9.94. The summed E-state index contributed by atoms with van der Waals surface area (Å²) in [5, 5.41) is 11.5.